The monoisotopic (exact) mass is 302 g/mol. The summed E-state index contributed by atoms with van der Waals surface area (Å²) >= 11 is 0. The van der Waals surface area contributed by atoms with Crippen molar-refractivity contribution in [1.29, 1.82) is 0 Å². The predicted molar refractivity (Wildman–Crippen MR) is 79.8 cm³/mol. The quantitative estimate of drug-likeness (QED) is 0.940. The minimum atomic E-state index is -3.61. The van der Waals surface area contributed by atoms with E-state index in [2.05, 4.69) is 4.99 Å². The van der Waals surface area contributed by atoms with Crippen LogP contribution in [0.1, 0.15) is 5.56 Å². The molecule has 0 unspecified atom stereocenters. The summed E-state index contributed by atoms with van der Waals surface area (Å²) in [6.07, 6.45) is 0. The summed E-state index contributed by atoms with van der Waals surface area (Å²) in [5.74, 6) is 0.550. The third-order valence-corrected chi connectivity index (χ3v) is 5.06. The highest BCUT2D eigenvalue weighted by Gasteiger charge is 2.31. The molecule has 0 bridgehead atoms. The van der Waals surface area contributed by atoms with Gasteiger partial charge in [0.05, 0.1) is 18.0 Å². The van der Waals surface area contributed by atoms with E-state index in [0.717, 1.165) is 0 Å². The molecule has 0 spiro atoms. The van der Waals surface area contributed by atoms with E-state index in [-0.39, 0.29) is 10.6 Å². The Labute approximate surface area is 123 Å². The first-order valence-electron chi connectivity index (χ1n) is 6.51. The second kappa shape index (κ2) is 5.21. The van der Waals surface area contributed by atoms with E-state index in [1.165, 1.54) is 16.4 Å². The van der Waals surface area contributed by atoms with Gasteiger partial charge in [0.2, 0.25) is 0 Å². The SMILES string of the molecule is O=S(=O)(c1ccccc1)N1CCN=C1c1ccc(O)cc1. The van der Waals surface area contributed by atoms with Crippen LogP contribution in [-0.2, 0) is 10.0 Å². The van der Waals surface area contributed by atoms with Crippen LogP contribution in [0.2, 0.25) is 0 Å². The van der Waals surface area contributed by atoms with E-state index >= 15 is 0 Å². The molecule has 6 heteroatoms. The molecule has 1 N–H and O–H groups in total. The van der Waals surface area contributed by atoms with Gasteiger partial charge in [0, 0.05) is 5.56 Å². The van der Waals surface area contributed by atoms with Gasteiger partial charge in [-0.05, 0) is 36.4 Å². The highest BCUT2D eigenvalue weighted by atomic mass is 32.2. The highest BCUT2D eigenvalue weighted by Crippen LogP contribution is 2.22. The number of aromatic hydroxyl groups is 1. The van der Waals surface area contributed by atoms with Crippen molar-refractivity contribution in [3.05, 3.63) is 60.2 Å². The summed E-state index contributed by atoms with van der Waals surface area (Å²) < 4.78 is 26.7. The van der Waals surface area contributed by atoms with Gasteiger partial charge in [-0.15, -0.1) is 0 Å². The van der Waals surface area contributed by atoms with Gasteiger partial charge >= 0.3 is 0 Å². The van der Waals surface area contributed by atoms with Crippen LogP contribution in [0.25, 0.3) is 0 Å². The lowest BCUT2D eigenvalue weighted by molar-refractivity contribution is 0.475. The first-order chi connectivity index (χ1) is 10.1. The predicted octanol–water partition coefficient (Wildman–Crippen LogP) is 1.84. The fourth-order valence-electron chi connectivity index (χ4n) is 2.23. The van der Waals surface area contributed by atoms with Crippen LogP contribution in [-0.4, -0.2) is 36.8 Å². The van der Waals surface area contributed by atoms with Crippen LogP contribution < -0.4 is 0 Å². The molecule has 1 heterocycles. The summed E-state index contributed by atoms with van der Waals surface area (Å²) in [5, 5.41) is 9.33. The third kappa shape index (κ3) is 2.50. The minimum Gasteiger partial charge on any atom is -0.508 e. The average Bonchev–Trinajstić information content (AvgIpc) is 2.99. The number of hydrogen-bond acceptors (Lipinski definition) is 4. The fraction of sp³-hybridized carbons (Fsp3) is 0.133. The highest BCUT2D eigenvalue weighted by molar-refractivity contribution is 7.89. The number of amidine groups is 1. The largest absolute Gasteiger partial charge is 0.508 e. The molecule has 0 atom stereocenters. The first-order valence-corrected chi connectivity index (χ1v) is 7.95. The third-order valence-electron chi connectivity index (χ3n) is 3.26. The van der Waals surface area contributed by atoms with Crippen LogP contribution in [0.3, 0.4) is 0 Å². The Bertz CT molecular complexity index is 768. The van der Waals surface area contributed by atoms with Gasteiger partial charge in [-0.3, -0.25) is 4.99 Å². The molecule has 0 amide bonds. The zero-order chi connectivity index (χ0) is 14.9. The zero-order valence-corrected chi connectivity index (χ0v) is 12.0. The maximum Gasteiger partial charge on any atom is 0.265 e. The van der Waals surface area contributed by atoms with Crippen LogP contribution >= 0.6 is 0 Å². The van der Waals surface area contributed by atoms with Crippen molar-refractivity contribution in [2.24, 2.45) is 4.99 Å². The number of phenols is 1. The molecule has 3 rings (SSSR count). The van der Waals surface area contributed by atoms with Gasteiger partial charge in [0.15, 0.2) is 0 Å². The Morgan fingerprint density at radius 2 is 1.67 bits per heavy atom. The number of phenolic OH excluding ortho intramolecular Hbond substituents is 1. The summed E-state index contributed by atoms with van der Waals surface area (Å²) in [6.45, 7) is 0.760. The molecule has 0 saturated heterocycles. The summed E-state index contributed by atoms with van der Waals surface area (Å²) in [7, 11) is -3.61. The smallest absolute Gasteiger partial charge is 0.265 e. The summed E-state index contributed by atoms with van der Waals surface area (Å²) in [6, 6.07) is 14.7. The van der Waals surface area contributed by atoms with Gasteiger partial charge in [-0.25, -0.2) is 12.7 Å². The molecule has 0 aromatic heterocycles. The number of sulfonamides is 1. The van der Waals surface area contributed by atoms with Crippen molar-refractivity contribution in [2.45, 2.75) is 4.90 Å². The molecule has 0 saturated carbocycles. The Morgan fingerprint density at radius 1 is 1.00 bits per heavy atom. The number of rotatable bonds is 3. The number of benzene rings is 2. The Kier molecular flexibility index (Phi) is 3.39. The van der Waals surface area contributed by atoms with Gasteiger partial charge in [-0.1, -0.05) is 18.2 Å². The molecule has 0 radical (unpaired) electrons. The van der Waals surface area contributed by atoms with Gasteiger partial charge < -0.3 is 5.11 Å². The standard InChI is InChI=1S/C15H14N2O3S/c18-13-8-6-12(7-9-13)15-16-10-11-17(15)21(19,20)14-4-2-1-3-5-14/h1-9,18H,10-11H2. The van der Waals surface area contributed by atoms with E-state index in [4.69, 9.17) is 0 Å². The van der Waals surface area contributed by atoms with Crippen molar-refractivity contribution in [2.75, 3.05) is 13.1 Å². The number of hydrogen-bond donors (Lipinski definition) is 1. The Morgan fingerprint density at radius 3 is 2.33 bits per heavy atom. The molecule has 2 aromatic rings. The zero-order valence-electron chi connectivity index (χ0n) is 11.2. The van der Waals surface area contributed by atoms with Crippen molar-refractivity contribution in [3.63, 3.8) is 0 Å². The minimum absolute atomic E-state index is 0.134. The van der Waals surface area contributed by atoms with E-state index in [1.54, 1.807) is 42.5 Å². The molecule has 108 valence electrons. The van der Waals surface area contributed by atoms with Gasteiger partial charge in [0.1, 0.15) is 11.6 Å². The normalized spacial score (nSPS) is 15.0. The molecule has 1 aliphatic heterocycles. The topological polar surface area (TPSA) is 70.0 Å². The van der Waals surface area contributed by atoms with E-state index in [0.29, 0.717) is 24.5 Å². The van der Waals surface area contributed by atoms with Crippen molar-refractivity contribution >= 4 is 15.9 Å². The molecule has 2 aromatic carbocycles. The Balaban J connectivity index is 1.99. The average molecular weight is 302 g/mol. The lowest BCUT2D eigenvalue weighted by Crippen LogP contribution is -2.34. The van der Waals surface area contributed by atoms with Crippen molar-refractivity contribution in [1.82, 2.24) is 4.31 Å². The van der Waals surface area contributed by atoms with E-state index in [1.807, 2.05) is 0 Å². The molecule has 1 aliphatic rings. The summed E-state index contributed by atoms with van der Waals surface area (Å²) in [5.41, 5.74) is 0.671. The lowest BCUT2D eigenvalue weighted by Gasteiger charge is -2.20. The van der Waals surface area contributed by atoms with Crippen LogP contribution in [0, 0.1) is 0 Å². The van der Waals surface area contributed by atoms with Crippen LogP contribution in [0.15, 0.2) is 64.5 Å². The number of nitrogens with zero attached hydrogens (tertiary/aromatic N) is 2. The van der Waals surface area contributed by atoms with Gasteiger partial charge in [0.25, 0.3) is 10.0 Å². The molecule has 21 heavy (non-hydrogen) atoms. The Hall–Kier alpha value is -2.34. The lowest BCUT2D eigenvalue weighted by atomic mass is 10.2. The van der Waals surface area contributed by atoms with Crippen molar-refractivity contribution < 1.29 is 13.5 Å². The molecule has 0 aliphatic carbocycles. The molecular formula is C15H14N2O3S. The maximum atomic E-state index is 12.7. The van der Waals surface area contributed by atoms with Crippen LogP contribution in [0.4, 0.5) is 0 Å². The summed E-state index contributed by atoms with van der Waals surface area (Å²) in [4.78, 5) is 4.54. The van der Waals surface area contributed by atoms with Crippen LogP contribution in [0.5, 0.6) is 5.75 Å². The van der Waals surface area contributed by atoms with Gasteiger partial charge in [-0.2, -0.15) is 0 Å². The number of aliphatic imine (C=N–C) groups is 1. The fourth-order valence-corrected chi connectivity index (χ4v) is 3.70. The molecule has 0 fully saturated rings. The molecular weight excluding hydrogens is 288 g/mol. The second-order valence-corrected chi connectivity index (χ2v) is 6.50. The second-order valence-electron chi connectivity index (χ2n) is 4.64. The van der Waals surface area contributed by atoms with E-state index in [9.17, 15) is 13.5 Å². The van der Waals surface area contributed by atoms with Crippen molar-refractivity contribution in [3.8, 4) is 5.75 Å². The van der Waals surface area contributed by atoms with E-state index < -0.39 is 10.0 Å². The first kappa shape index (κ1) is 13.6. The molecule has 5 nitrogen and oxygen atoms in total. The maximum absolute atomic E-state index is 12.7.